The van der Waals surface area contributed by atoms with Gasteiger partial charge in [-0.05, 0) is 31.5 Å². The van der Waals surface area contributed by atoms with E-state index in [1.54, 1.807) is 6.07 Å². The van der Waals surface area contributed by atoms with Gasteiger partial charge in [-0.25, -0.2) is 13.6 Å². The summed E-state index contributed by atoms with van der Waals surface area (Å²) in [6.45, 7) is 3.78. The van der Waals surface area contributed by atoms with Crippen LogP contribution in [0, 0.1) is 0 Å². The average Bonchev–Trinajstić information content (AvgIpc) is 2.41. The number of carbonyl (C=O) groups excluding carboxylic acids is 1. The van der Waals surface area contributed by atoms with Crippen LogP contribution >= 0.6 is 0 Å². The maximum absolute atomic E-state index is 11.5. The summed E-state index contributed by atoms with van der Waals surface area (Å²) >= 11 is 0. The number of hydrogen-bond donors (Lipinski definition) is 2. The molecule has 1 aromatic rings. The van der Waals surface area contributed by atoms with Crippen molar-refractivity contribution in [2.45, 2.75) is 31.4 Å². The smallest absolute Gasteiger partial charge is 0.246 e. The number of nitrogens with two attached hydrogens (primary N) is 1. The Balaban J connectivity index is 2.75. The molecule has 0 spiro atoms. The van der Waals surface area contributed by atoms with Gasteiger partial charge in [-0.3, -0.25) is 4.79 Å². The van der Waals surface area contributed by atoms with E-state index in [-0.39, 0.29) is 35.8 Å². The Morgan fingerprint density at radius 2 is 2.05 bits per heavy atom. The second-order valence-corrected chi connectivity index (χ2v) is 6.20. The van der Waals surface area contributed by atoms with Gasteiger partial charge < -0.3 is 14.8 Å². The van der Waals surface area contributed by atoms with Crippen molar-refractivity contribution in [2.75, 3.05) is 13.7 Å². The van der Waals surface area contributed by atoms with Crippen LogP contribution in [0.4, 0.5) is 0 Å². The molecule has 0 unspecified atom stereocenters. The second kappa shape index (κ2) is 7.39. The average molecular weight is 316 g/mol. The van der Waals surface area contributed by atoms with Gasteiger partial charge in [-0.1, -0.05) is 6.07 Å². The first-order chi connectivity index (χ1) is 9.74. The summed E-state index contributed by atoms with van der Waals surface area (Å²) in [6, 6.07) is 4.51. The highest BCUT2D eigenvalue weighted by molar-refractivity contribution is 7.89. The van der Waals surface area contributed by atoms with E-state index in [0.29, 0.717) is 5.56 Å². The molecule has 0 bridgehead atoms. The van der Waals surface area contributed by atoms with Crippen LogP contribution in [0.2, 0.25) is 0 Å². The summed E-state index contributed by atoms with van der Waals surface area (Å²) in [5.74, 6) is -0.118. The molecule has 0 saturated carbocycles. The molecule has 1 amide bonds. The van der Waals surface area contributed by atoms with Gasteiger partial charge in [-0.15, -0.1) is 0 Å². The molecule has 21 heavy (non-hydrogen) atoms. The summed E-state index contributed by atoms with van der Waals surface area (Å²) < 4.78 is 33.1. The van der Waals surface area contributed by atoms with E-state index in [2.05, 4.69) is 5.32 Å². The first-order valence-electron chi connectivity index (χ1n) is 6.32. The van der Waals surface area contributed by atoms with Crippen LogP contribution in [0.5, 0.6) is 5.75 Å². The molecule has 118 valence electrons. The van der Waals surface area contributed by atoms with Crippen molar-refractivity contribution in [3.63, 3.8) is 0 Å². The van der Waals surface area contributed by atoms with E-state index in [0.717, 1.165) is 0 Å². The lowest BCUT2D eigenvalue weighted by atomic mass is 10.2. The summed E-state index contributed by atoms with van der Waals surface area (Å²) in [6.07, 6.45) is -0.0364. The van der Waals surface area contributed by atoms with E-state index in [1.165, 1.54) is 19.2 Å². The lowest BCUT2D eigenvalue weighted by Crippen LogP contribution is -2.28. The molecule has 0 aromatic heterocycles. The molecule has 0 aliphatic carbocycles. The van der Waals surface area contributed by atoms with E-state index >= 15 is 0 Å². The van der Waals surface area contributed by atoms with Crippen LogP contribution < -0.4 is 15.2 Å². The molecule has 0 saturated heterocycles. The Hall–Kier alpha value is -1.64. The van der Waals surface area contributed by atoms with E-state index in [4.69, 9.17) is 14.6 Å². The molecule has 7 nitrogen and oxygen atoms in total. The SMILES string of the molecule is COc1ccc(CNC(=O)COC(C)C)cc1S(N)(=O)=O. The fourth-order valence-electron chi connectivity index (χ4n) is 1.55. The lowest BCUT2D eigenvalue weighted by Gasteiger charge is -2.11. The molecule has 0 atom stereocenters. The molecule has 1 aromatic carbocycles. The van der Waals surface area contributed by atoms with Gasteiger partial charge in [0.25, 0.3) is 0 Å². The highest BCUT2D eigenvalue weighted by atomic mass is 32.2. The van der Waals surface area contributed by atoms with Crippen molar-refractivity contribution in [3.8, 4) is 5.75 Å². The van der Waals surface area contributed by atoms with Crippen molar-refractivity contribution in [2.24, 2.45) is 5.14 Å². The number of primary sulfonamides is 1. The van der Waals surface area contributed by atoms with Gasteiger partial charge in [0.1, 0.15) is 17.3 Å². The highest BCUT2D eigenvalue weighted by Gasteiger charge is 2.15. The Bertz CT molecular complexity index is 599. The number of methoxy groups -OCH3 is 1. The maximum atomic E-state index is 11.5. The van der Waals surface area contributed by atoms with Gasteiger partial charge in [0.05, 0.1) is 13.2 Å². The highest BCUT2D eigenvalue weighted by Crippen LogP contribution is 2.23. The molecule has 0 aliphatic rings. The largest absolute Gasteiger partial charge is 0.495 e. The Morgan fingerprint density at radius 3 is 2.57 bits per heavy atom. The molecule has 0 radical (unpaired) electrons. The maximum Gasteiger partial charge on any atom is 0.246 e. The minimum Gasteiger partial charge on any atom is -0.495 e. The third kappa shape index (κ3) is 5.70. The number of ether oxygens (including phenoxy) is 2. The van der Waals surface area contributed by atoms with Crippen LogP contribution in [-0.4, -0.2) is 34.1 Å². The molecule has 3 N–H and O–H groups in total. The number of rotatable bonds is 7. The summed E-state index contributed by atoms with van der Waals surface area (Å²) in [4.78, 5) is 11.4. The molecule has 8 heteroatoms. The number of amides is 1. The molecule has 0 aliphatic heterocycles. The van der Waals surface area contributed by atoms with Crippen molar-refractivity contribution in [1.82, 2.24) is 5.32 Å². The van der Waals surface area contributed by atoms with Gasteiger partial charge in [0, 0.05) is 6.54 Å². The first-order valence-corrected chi connectivity index (χ1v) is 7.86. The summed E-state index contributed by atoms with van der Waals surface area (Å²) in [5.41, 5.74) is 0.595. The van der Waals surface area contributed by atoms with Crippen LogP contribution in [0.15, 0.2) is 23.1 Å². The minimum atomic E-state index is -3.89. The third-order valence-electron chi connectivity index (χ3n) is 2.57. The quantitative estimate of drug-likeness (QED) is 0.756. The fourth-order valence-corrected chi connectivity index (χ4v) is 2.29. The van der Waals surface area contributed by atoms with Crippen molar-refractivity contribution in [1.29, 1.82) is 0 Å². The Morgan fingerprint density at radius 1 is 1.38 bits per heavy atom. The van der Waals surface area contributed by atoms with Crippen molar-refractivity contribution in [3.05, 3.63) is 23.8 Å². The molecule has 0 heterocycles. The number of carbonyl (C=O) groups is 1. The van der Waals surface area contributed by atoms with Crippen LogP contribution in [-0.2, 0) is 26.1 Å². The minimum absolute atomic E-state index is 0.0364. The normalized spacial score (nSPS) is 11.5. The van der Waals surface area contributed by atoms with Crippen LogP contribution in [0.25, 0.3) is 0 Å². The Kier molecular flexibility index (Phi) is 6.13. The van der Waals surface area contributed by atoms with Crippen molar-refractivity contribution < 1.29 is 22.7 Å². The number of nitrogens with one attached hydrogen (secondary N) is 1. The van der Waals surface area contributed by atoms with Gasteiger partial charge >= 0.3 is 0 Å². The second-order valence-electron chi connectivity index (χ2n) is 4.67. The molecular weight excluding hydrogens is 296 g/mol. The summed E-state index contributed by atoms with van der Waals surface area (Å²) in [5, 5.41) is 7.75. The molecule has 0 fully saturated rings. The standard InChI is InChI=1S/C13H20N2O5S/c1-9(2)20-8-13(16)15-7-10-4-5-11(19-3)12(6-10)21(14,17)18/h4-6,9H,7-8H2,1-3H3,(H,15,16)(H2,14,17,18). The van der Waals surface area contributed by atoms with Crippen molar-refractivity contribution >= 4 is 15.9 Å². The topological polar surface area (TPSA) is 108 Å². The molecule has 1 rings (SSSR count). The van der Waals surface area contributed by atoms with Crippen LogP contribution in [0.3, 0.4) is 0 Å². The van der Waals surface area contributed by atoms with Gasteiger partial charge in [0.15, 0.2) is 0 Å². The van der Waals surface area contributed by atoms with E-state index in [9.17, 15) is 13.2 Å². The predicted octanol–water partition coefficient (Wildman–Crippen LogP) is 0.384. The first kappa shape index (κ1) is 17.4. The van der Waals surface area contributed by atoms with Gasteiger partial charge in [-0.2, -0.15) is 0 Å². The van der Waals surface area contributed by atoms with Crippen LogP contribution in [0.1, 0.15) is 19.4 Å². The molecular formula is C13H20N2O5S. The number of hydrogen-bond acceptors (Lipinski definition) is 5. The predicted molar refractivity (Wildman–Crippen MR) is 77.3 cm³/mol. The monoisotopic (exact) mass is 316 g/mol. The number of benzene rings is 1. The van der Waals surface area contributed by atoms with E-state index < -0.39 is 10.0 Å². The van der Waals surface area contributed by atoms with E-state index in [1.807, 2.05) is 13.8 Å². The number of sulfonamides is 1. The third-order valence-corrected chi connectivity index (χ3v) is 3.50. The van der Waals surface area contributed by atoms with Gasteiger partial charge in [0.2, 0.25) is 15.9 Å². The summed E-state index contributed by atoms with van der Waals surface area (Å²) in [7, 11) is -2.53. The fraction of sp³-hybridized carbons (Fsp3) is 0.462. The zero-order valence-electron chi connectivity index (χ0n) is 12.3. The Labute approximate surface area is 124 Å². The zero-order chi connectivity index (χ0) is 16.0. The zero-order valence-corrected chi connectivity index (χ0v) is 13.1. The lowest BCUT2D eigenvalue weighted by molar-refractivity contribution is -0.127.